The van der Waals surface area contributed by atoms with Crippen molar-refractivity contribution in [3.63, 3.8) is 0 Å². The molecular formula is C14H11N3S. The molecule has 1 saturated carbocycles. The molecule has 18 heavy (non-hydrogen) atoms. The van der Waals surface area contributed by atoms with E-state index in [9.17, 15) is 0 Å². The number of hydrogen-bond acceptors (Lipinski definition) is 4. The van der Waals surface area contributed by atoms with Crippen LogP contribution in [-0.2, 0) is 0 Å². The topological polar surface area (TPSA) is 38.7 Å². The van der Waals surface area contributed by atoms with Gasteiger partial charge in [-0.25, -0.2) is 4.98 Å². The van der Waals surface area contributed by atoms with Crippen molar-refractivity contribution in [2.45, 2.75) is 18.8 Å². The van der Waals surface area contributed by atoms with Gasteiger partial charge in [-0.15, -0.1) is 0 Å². The lowest BCUT2D eigenvalue weighted by molar-refractivity contribution is 0.987. The second-order valence-corrected chi connectivity index (χ2v) is 5.42. The second-order valence-electron chi connectivity index (χ2n) is 4.67. The molecule has 0 amide bonds. The average Bonchev–Trinajstić information content (AvgIpc) is 3.16. The number of fused-ring (bicyclic) bond motifs is 1. The highest BCUT2D eigenvalue weighted by Gasteiger charge is 2.27. The van der Waals surface area contributed by atoms with Gasteiger partial charge in [0.15, 0.2) is 0 Å². The summed E-state index contributed by atoms with van der Waals surface area (Å²) < 4.78 is 4.45. The third kappa shape index (κ3) is 1.69. The molecular weight excluding hydrogens is 242 g/mol. The van der Waals surface area contributed by atoms with Crippen molar-refractivity contribution >= 4 is 22.3 Å². The Labute approximate surface area is 109 Å². The Kier molecular flexibility index (Phi) is 2.17. The quantitative estimate of drug-likeness (QED) is 0.700. The summed E-state index contributed by atoms with van der Waals surface area (Å²) >= 11 is 1.50. The van der Waals surface area contributed by atoms with E-state index in [0.29, 0.717) is 5.92 Å². The van der Waals surface area contributed by atoms with Crippen molar-refractivity contribution in [3.05, 3.63) is 42.5 Å². The van der Waals surface area contributed by atoms with Crippen LogP contribution in [0.15, 0.2) is 36.7 Å². The molecule has 0 radical (unpaired) electrons. The zero-order valence-corrected chi connectivity index (χ0v) is 10.5. The molecule has 1 aliphatic carbocycles. The van der Waals surface area contributed by atoms with Crippen molar-refractivity contribution in [1.29, 1.82) is 0 Å². The Morgan fingerprint density at radius 2 is 2.06 bits per heavy atom. The molecule has 4 rings (SSSR count). The number of pyridine rings is 1. The SMILES string of the molecule is c1cc2cc(-c3nc(C4CC4)ns3)ccc2cn1. The first-order valence-corrected chi connectivity index (χ1v) is 6.85. The first kappa shape index (κ1) is 10.1. The van der Waals surface area contributed by atoms with E-state index >= 15 is 0 Å². The lowest BCUT2D eigenvalue weighted by atomic mass is 10.1. The van der Waals surface area contributed by atoms with Crippen LogP contribution in [0, 0.1) is 0 Å². The van der Waals surface area contributed by atoms with Gasteiger partial charge in [0.25, 0.3) is 0 Å². The monoisotopic (exact) mass is 253 g/mol. The van der Waals surface area contributed by atoms with E-state index in [1.165, 1.54) is 29.8 Å². The summed E-state index contributed by atoms with van der Waals surface area (Å²) in [7, 11) is 0. The lowest BCUT2D eigenvalue weighted by Gasteiger charge is -1.99. The Morgan fingerprint density at radius 1 is 1.11 bits per heavy atom. The van der Waals surface area contributed by atoms with Crippen LogP contribution >= 0.6 is 11.5 Å². The molecule has 0 saturated heterocycles. The normalized spacial score (nSPS) is 15.1. The Hall–Kier alpha value is -1.81. The molecule has 1 aliphatic rings. The molecule has 3 nitrogen and oxygen atoms in total. The molecule has 4 heteroatoms. The highest BCUT2D eigenvalue weighted by molar-refractivity contribution is 7.09. The maximum Gasteiger partial charge on any atom is 0.146 e. The standard InChI is InChI=1S/C14H11N3S/c1-2-9(1)13-16-14(18-17-13)11-3-4-12-8-15-6-5-10(12)7-11/h3-9H,1-2H2. The van der Waals surface area contributed by atoms with Gasteiger partial charge in [0.05, 0.1) is 0 Å². The van der Waals surface area contributed by atoms with Gasteiger partial charge in [0.1, 0.15) is 10.8 Å². The van der Waals surface area contributed by atoms with Gasteiger partial charge in [-0.3, -0.25) is 4.98 Å². The minimum absolute atomic E-state index is 0.625. The van der Waals surface area contributed by atoms with Gasteiger partial charge < -0.3 is 0 Å². The van der Waals surface area contributed by atoms with Gasteiger partial charge >= 0.3 is 0 Å². The van der Waals surface area contributed by atoms with Crippen molar-refractivity contribution < 1.29 is 0 Å². The summed E-state index contributed by atoms with van der Waals surface area (Å²) in [5.41, 5.74) is 1.15. The van der Waals surface area contributed by atoms with E-state index in [2.05, 4.69) is 32.5 Å². The van der Waals surface area contributed by atoms with E-state index in [0.717, 1.165) is 21.8 Å². The van der Waals surface area contributed by atoms with E-state index in [1.54, 1.807) is 0 Å². The second kappa shape index (κ2) is 3.85. The average molecular weight is 253 g/mol. The zero-order chi connectivity index (χ0) is 11.9. The fourth-order valence-corrected chi connectivity index (χ4v) is 2.81. The number of nitrogens with zero attached hydrogens (tertiary/aromatic N) is 3. The van der Waals surface area contributed by atoms with Crippen molar-refractivity contribution in [3.8, 4) is 10.6 Å². The third-order valence-corrected chi connectivity index (χ3v) is 4.05. The predicted octanol–water partition coefficient (Wildman–Crippen LogP) is 3.63. The summed E-state index contributed by atoms with van der Waals surface area (Å²) in [6.07, 6.45) is 6.20. The highest BCUT2D eigenvalue weighted by Crippen LogP contribution is 2.40. The molecule has 88 valence electrons. The van der Waals surface area contributed by atoms with E-state index in [4.69, 9.17) is 0 Å². The number of hydrogen-bond donors (Lipinski definition) is 0. The summed E-state index contributed by atoms with van der Waals surface area (Å²) in [5, 5.41) is 3.38. The molecule has 0 bridgehead atoms. The molecule has 0 unspecified atom stereocenters. The Balaban J connectivity index is 1.80. The smallest absolute Gasteiger partial charge is 0.146 e. The zero-order valence-electron chi connectivity index (χ0n) is 9.71. The molecule has 0 atom stereocenters. The molecule has 1 fully saturated rings. The minimum atomic E-state index is 0.625. The number of rotatable bonds is 2. The van der Waals surface area contributed by atoms with Crippen LogP contribution in [0.1, 0.15) is 24.6 Å². The summed E-state index contributed by atoms with van der Waals surface area (Å²) in [6, 6.07) is 8.38. The molecule has 2 aromatic heterocycles. The summed E-state index contributed by atoms with van der Waals surface area (Å²) in [6.45, 7) is 0. The van der Waals surface area contributed by atoms with E-state index in [1.807, 2.05) is 18.5 Å². The molecule has 0 N–H and O–H groups in total. The van der Waals surface area contributed by atoms with Gasteiger partial charge in [-0.1, -0.05) is 12.1 Å². The molecule has 0 aliphatic heterocycles. The molecule has 1 aromatic carbocycles. The third-order valence-electron chi connectivity index (χ3n) is 3.27. The van der Waals surface area contributed by atoms with Crippen LogP contribution in [-0.4, -0.2) is 14.3 Å². The van der Waals surface area contributed by atoms with Crippen molar-refractivity contribution in [2.75, 3.05) is 0 Å². The van der Waals surface area contributed by atoms with Crippen LogP contribution in [0.3, 0.4) is 0 Å². The Morgan fingerprint density at radius 3 is 2.94 bits per heavy atom. The van der Waals surface area contributed by atoms with Gasteiger partial charge in [0, 0.05) is 29.3 Å². The largest absolute Gasteiger partial charge is 0.264 e. The van der Waals surface area contributed by atoms with Crippen LogP contribution in [0.2, 0.25) is 0 Å². The van der Waals surface area contributed by atoms with Crippen molar-refractivity contribution in [2.24, 2.45) is 0 Å². The van der Waals surface area contributed by atoms with Crippen LogP contribution in [0.25, 0.3) is 21.3 Å². The highest BCUT2D eigenvalue weighted by atomic mass is 32.1. The van der Waals surface area contributed by atoms with Gasteiger partial charge in [-0.05, 0) is 41.9 Å². The van der Waals surface area contributed by atoms with E-state index < -0.39 is 0 Å². The molecule has 3 aromatic rings. The molecule has 2 heterocycles. The number of aromatic nitrogens is 3. The first-order valence-electron chi connectivity index (χ1n) is 6.08. The Bertz CT molecular complexity index is 716. The van der Waals surface area contributed by atoms with Crippen LogP contribution in [0.5, 0.6) is 0 Å². The maximum absolute atomic E-state index is 4.64. The van der Waals surface area contributed by atoms with Crippen LogP contribution < -0.4 is 0 Å². The van der Waals surface area contributed by atoms with Crippen molar-refractivity contribution in [1.82, 2.24) is 14.3 Å². The van der Waals surface area contributed by atoms with Gasteiger partial charge in [-0.2, -0.15) is 4.37 Å². The summed E-state index contributed by atoms with van der Waals surface area (Å²) in [5.74, 6) is 1.66. The van der Waals surface area contributed by atoms with Gasteiger partial charge in [0.2, 0.25) is 0 Å². The van der Waals surface area contributed by atoms with Crippen LogP contribution in [0.4, 0.5) is 0 Å². The maximum atomic E-state index is 4.64. The lowest BCUT2D eigenvalue weighted by Crippen LogP contribution is -1.83. The summed E-state index contributed by atoms with van der Waals surface area (Å²) in [4.78, 5) is 8.77. The van der Waals surface area contributed by atoms with E-state index in [-0.39, 0.29) is 0 Å². The first-order chi connectivity index (χ1) is 8.90. The molecule has 0 spiro atoms. The minimum Gasteiger partial charge on any atom is -0.264 e. The fourth-order valence-electron chi connectivity index (χ4n) is 2.08. The fraction of sp³-hybridized carbons (Fsp3) is 0.214. The predicted molar refractivity (Wildman–Crippen MR) is 72.6 cm³/mol. The number of benzene rings is 1.